The van der Waals surface area contributed by atoms with Crippen LogP contribution >= 0.6 is 0 Å². The van der Waals surface area contributed by atoms with E-state index < -0.39 is 11.5 Å². The van der Waals surface area contributed by atoms with Gasteiger partial charge < -0.3 is 15.6 Å². The van der Waals surface area contributed by atoms with Crippen LogP contribution in [0.2, 0.25) is 0 Å². The lowest BCUT2D eigenvalue weighted by atomic mass is 9.94. The highest BCUT2D eigenvalue weighted by Crippen LogP contribution is 2.20. The molecule has 5 nitrogen and oxygen atoms in total. The third kappa shape index (κ3) is 1.82. The Bertz CT molecular complexity index is 350. The number of aromatic nitrogens is 1. The molecule has 0 bridgehead atoms. The zero-order chi connectivity index (χ0) is 10.8. The Morgan fingerprint density at radius 1 is 1.71 bits per heavy atom. The molecule has 3 N–H and O–H groups in total. The summed E-state index contributed by atoms with van der Waals surface area (Å²) in [6.45, 7) is 1.42. The fraction of sp³-hybridized carbons (Fsp3) is 0.333. The first-order valence-electron chi connectivity index (χ1n) is 4.01. The minimum Gasteiger partial charge on any atom is -0.481 e. The summed E-state index contributed by atoms with van der Waals surface area (Å²) < 4.78 is 4.87. The summed E-state index contributed by atoms with van der Waals surface area (Å²) in [6.07, 6.45) is 1.46. The van der Waals surface area contributed by atoms with E-state index in [2.05, 4.69) is 4.98 Å². The zero-order valence-electron chi connectivity index (χ0n) is 8.02. The van der Waals surface area contributed by atoms with Crippen LogP contribution in [0.25, 0.3) is 0 Å². The monoisotopic (exact) mass is 196 g/mol. The average molecular weight is 196 g/mol. The highest BCUT2D eigenvalue weighted by atomic mass is 16.5. The summed E-state index contributed by atoms with van der Waals surface area (Å²) in [5, 5.41) is 8.87. The molecule has 5 heteroatoms. The van der Waals surface area contributed by atoms with Crippen molar-refractivity contribution in [3.8, 4) is 5.88 Å². The molecule has 1 atom stereocenters. The Balaban J connectivity index is 3.12. The molecule has 1 rings (SSSR count). The van der Waals surface area contributed by atoms with E-state index in [0.29, 0.717) is 11.4 Å². The molecule has 0 fully saturated rings. The minimum absolute atomic E-state index is 0.348. The number of aliphatic carboxylic acids is 1. The van der Waals surface area contributed by atoms with E-state index in [4.69, 9.17) is 15.6 Å². The maximum atomic E-state index is 10.8. The second kappa shape index (κ2) is 3.63. The van der Waals surface area contributed by atoms with Crippen molar-refractivity contribution in [1.29, 1.82) is 0 Å². The number of carboxylic acids is 1. The van der Waals surface area contributed by atoms with Gasteiger partial charge in [0.1, 0.15) is 5.54 Å². The molecule has 0 aliphatic carbocycles. The van der Waals surface area contributed by atoms with Gasteiger partial charge in [-0.1, -0.05) is 0 Å². The van der Waals surface area contributed by atoms with Crippen molar-refractivity contribution in [2.45, 2.75) is 12.5 Å². The van der Waals surface area contributed by atoms with E-state index in [1.165, 1.54) is 26.3 Å². The van der Waals surface area contributed by atoms with Crippen molar-refractivity contribution >= 4 is 5.97 Å². The number of nitrogens with two attached hydrogens (primary N) is 1. The lowest BCUT2D eigenvalue weighted by molar-refractivity contribution is -0.143. The Morgan fingerprint density at radius 3 is 2.86 bits per heavy atom. The number of hydrogen-bond donors (Lipinski definition) is 2. The van der Waals surface area contributed by atoms with E-state index in [-0.39, 0.29) is 0 Å². The summed E-state index contributed by atoms with van der Waals surface area (Å²) >= 11 is 0. The van der Waals surface area contributed by atoms with Gasteiger partial charge in [-0.15, -0.1) is 0 Å². The smallest absolute Gasteiger partial charge is 0.328 e. The third-order valence-electron chi connectivity index (χ3n) is 1.99. The van der Waals surface area contributed by atoms with E-state index in [0.717, 1.165) is 0 Å². The molecule has 0 radical (unpaired) electrons. The third-order valence-corrected chi connectivity index (χ3v) is 1.99. The largest absolute Gasteiger partial charge is 0.481 e. The van der Waals surface area contributed by atoms with Crippen LogP contribution in [-0.4, -0.2) is 23.2 Å². The molecule has 1 aromatic heterocycles. The molecule has 76 valence electrons. The molecule has 1 heterocycles. The predicted molar refractivity (Wildman–Crippen MR) is 50.0 cm³/mol. The molecule has 0 aliphatic heterocycles. The van der Waals surface area contributed by atoms with Crippen LogP contribution in [0.5, 0.6) is 5.88 Å². The van der Waals surface area contributed by atoms with E-state index >= 15 is 0 Å². The van der Waals surface area contributed by atoms with Crippen LogP contribution < -0.4 is 10.5 Å². The van der Waals surface area contributed by atoms with Crippen LogP contribution in [0.15, 0.2) is 18.3 Å². The first kappa shape index (κ1) is 10.5. The van der Waals surface area contributed by atoms with E-state index in [1.54, 1.807) is 6.07 Å². The highest BCUT2D eigenvalue weighted by Gasteiger charge is 2.30. The maximum absolute atomic E-state index is 10.8. The number of hydrogen-bond acceptors (Lipinski definition) is 4. The summed E-state index contributed by atoms with van der Waals surface area (Å²) in [5.74, 6) is -0.744. The molecule has 0 saturated heterocycles. The summed E-state index contributed by atoms with van der Waals surface area (Å²) in [6, 6.07) is 3.06. The molecule has 0 spiro atoms. The number of carboxylic acid groups (broad SMARTS) is 1. The van der Waals surface area contributed by atoms with Gasteiger partial charge in [-0.3, -0.25) is 0 Å². The molecule has 14 heavy (non-hydrogen) atoms. The fourth-order valence-corrected chi connectivity index (χ4v) is 0.968. The molecule has 1 unspecified atom stereocenters. The predicted octanol–water partition coefficient (Wildman–Crippen LogP) is 0.349. The molecule has 0 aliphatic rings. The topological polar surface area (TPSA) is 85.4 Å². The van der Waals surface area contributed by atoms with Crippen molar-refractivity contribution in [3.63, 3.8) is 0 Å². The maximum Gasteiger partial charge on any atom is 0.328 e. The molecule has 0 amide bonds. The van der Waals surface area contributed by atoms with Gasteiger partial charge in [0.15, 0.2) is 0 Å². The van der Waals surface area contributed by atoms with E-state index in [1.807, 2.05) is 0 Å². The number of methoxy groups -OCH3 is 1. The minimum atomic E-state index is -1.42. The molecule has 0 aromatic carbocycles. The van der Waals surface area contributed by atoms with Gasteiger partial charge in [-0.25, -0.2) is 9.78 Å². The Morgan fingerprint density at radius 2 is 2.36 bits per heavy atom. The second-order valence-electron chi connectivity index (χ2n) is 3.09. The fourth-order valence-electron chi connectivity index (χ4n) is 0.968. The van der Waals surface area contributed by atoms with Crippen molar-refractivity contribution in [1.82, 2.24) is 4.98 Å². The van der Waals surface area contributed by atoms with Crippen molar-refractivity contribution in [3.05, 3.63) is 23.9 Å². The van der Waals surface area contributed by atoms with Crippen molar-refractivity contribution in [2.75, 3.05) is 7.11 Å². The second-order valence-corrected chi connectivity index (χ2v) is 3.09. The first-order chi connectivity index (χ1) is 6.48. The number of ether oxygens (including phenoxy) is 1. The standard InChI is InChI=1S/C9H12N2O3/c1-9(10,8(12)13)6-3-4-11-7(5-6)14-2/h3-5H,10H2,1-2H3,(H,12,13). The van der Waals surface area contributed by atoms with Crippen LogP contribution in [0.3, 0.4) is 0 Å². The van der Waals surface area contributed by atoms with Crippen LogP contribution in [-0.2, 0) is 10.3 Å². The number of carbonyl (C=O) groups is 1. The Hall–Kier alpha value is -1.62. The van der Waals surface area contributed by atoms with Crippen LogP contribution in [0.1, 0.15) is 12.5 Å². The normalized spacial score (nSPS) is 14.5. The zero-order valence-corrected chi connectivity index (χ0v) is 8.02. The van der Waals surface area contributed by atoms with Gasteiger partial charge in [0.2, 0.25) is 5.88 Å². The van der Waals surface area contributed by atoms with Gasteiger partial charge in [-0.2, -0.15) is 0 Å². The molecule has 0 saturated carbocycles. The van der Waals surface area contributed by atoms with Crippen molar-refractivity contribution < 1.29 is 14.6 Å². The Kier molecular flexibility index (Phi) is 2.71. The van der Waals surface area contributed by atoms with Gasteiger partial charge in [0.25, 0.3) is 0 Å². The number of rotatable bonds is 3. The lowest BCUT2D eigenvalue weighted by Gasteiger charge is -2.19. The SMILES string of the molecule is COc1cc(C(C)(N)C(=O)O)ccn1. The first-order valence-corrected chi connectivity index (χ1v) is 4.01. The van der Waals surface area contributed by atoms with Gasteiger partial charge in [0.05, 0.1) is 7.11 Å². The Labute approximate surface area is 81.5 Å². The van der Waals surface area contributed by atoms with Crippen LogP contribution in [0, 0.1) is 0 Å². The van der Waals surface area contributed by atoms with Gasteiger partial charge in [-0.05, 0) is 18.6 Å². The van der Waals surface area contributed by atoms with Crippen molar-refractivity contribution in [2.24, 2.45) is 5.73 Å². The molecular formula is C9H12N2O3. The molecule has 1 aromatic rings. The number of pyridine rings is 1. The van der Waals surface area contributed by atoms with E-state index in [9.17, 15) is 4.79 Å². The summed E-state index contributed by atoms with van der Waals surface area (Å²) in [5.41, 5.74) is 4.66. The lowest BCUT2D eigenvalue weighted by Crippen LogP contribution is -2.41. The summed E-state index contributed by atoms with van der Waals surface area (Å²) in [7, 11) is 1.46. The van der Waals surface area contributed by atoms with Crippen LogP contribution in [0.4, 0.5) is 0 Å². The highest BCUT2D eigenvalue weighted by molar-refractivity contribution is 5.79. The summed E-state index contributed by atoms with van der Waals surface area (Å²) in [4.78, 5) is 14.7. The quantitative estimate of drug-likeness (QED) is 0.728. The molecular weight excluding hydrogens is 184 g/mol. The van der Waals surface area contributed by atoms with Gasteiger partial charge in [0, 0.05) is 12.3 Å². The average Bonchev–Trinajstić information content (AvgIpc) is 2.17. The number of nitrogens with zero attached hydrogens (tertiary/aromatic N) is 1. The van der Waals surface area contributed by atoms with Gasteiger partial charge >= 0.3 is 5.97 Å².